The molecule has 0 aliphatic heterocycles. The van der Waals surface area contributed by atoms with Crippen molar-refractivity contribution in [3.63, 3.8) is 0 Å². The first kappa shape index (κ1) is 10.7. The Labute approximate surface area is 71.1 Å². The Morgan fingerprint density at radius 3 is 2.18 bits per heavy atom. The highest BCUT2D eigenvalue weighted by atomic mass is 15.1. The van der Waals surface area contributed by atoms with Gasteiger partial charge in [-0.15, -0.1) is 0 Å². The van der Waals surface area contributed by atoms with Crippen LogP contribution in [0.5, 0.6) is 0 Å². The van der Waals surface area contributed by atoms with E-state index < -0.39 is 0 Å². The van der Waals surface area contributed by atoms with Gasteiger partial charge in [0.25, 0.3) is 0 Å². The summed E-state index contributed by atoms with van der Waals surface area (Å²) in [7, 11) is 2.13. The van der Waals surface area contributed by atoms with E-state index in [1.54, 1.807) is 0 Å². The fourth-order valence-electron chi connectivity index (χ4n) is 0.715. The van der Waals surface area contributed by atoms with Gasteiger partial charge in [-0.1, -0.05) is 39.8 Å². The molecule has 0 atom stereocenters. The molecule has 0 N–H and O–H groups in total. The van der Waals surface area contributed by atoms with E-state index in [1.165, 1.54) is 0 Å². The van der Waals surface area contributed by atoms with Gasteiger partial charge in [0.05, 0.1) is 0 Å². The Hall–Kier alpha value is -0.300. The molecule has 0 spiro atoms. The minimum absolute atomic E-state index is 0.328. The largest absolute Gasteiger partial charge is 0.303 e. The van der Waals surface area contributed by atoms with Crippen molar-refractivity contribution in [2.24, 2.45) is 5.41 Å². The van der Waals surface area contributed by atoms with Crippen LogP contribution >= 0.6 is 0 Å². The molecule has 1 heteroatoms. The lowest BCUT2D eigenvalue weighted by Crippen LogP contribution is -2.17. The molecule has 0 aromatic rings. The standard InChI is InChI=1S/C10H21N/c1-6-11(5)9-7-8-10(2,3)4/h7-8H,6,9H2,1-5H3/b8-7+. The first-order valence-electron chi connectivity index (χ1n) is 4.32. The van der Waals surface area contributed by atoms with Gasteiger partial charge < -0.3 is 4.90 Å². The van der Waals surface area contributed by atoms with Crippen molar-refractivity contribution in [1.29, 1.82) is 0 Å². The van der Waals surface area contributed by atoms with Crippen LogP contribution in [0.15, 0.2) is 12.2 Å². The van der Waals surface area contributed by atoms with Crippen LogP contribution in [0.3, 0.4) is 0 Å². The Bertz CT molecular complexity index is 119. The van der Waals surface area contributed by atoms with E-state index in [4.69, 9.17) is 0 Å². The minimum atomic E-state index is 0.328. The van der Waals surface area contributed by atoms with Gasteiger partial charge in [0.1, 0.15) is 0 Å². The highest BCUT2D eigenvalue weighted by molar-refractivity contribution is 4.93. The molecule has 1 nitrogen and oxygen atoms in total. The zero-order valence-corrected chi connectivity index (χ0v) is 8.52. The molecule has 0 bridgehead atoms. The third-order valence-corrected chi connectivity index (χ3v) is 1.57. The van der Waals surface area contributed by atoms with Gasteiger partial charge in [0, 0.05) is 6.54 Å². The molecule has 0 aliphatic carbocycles. The topological polar surface area (TPSA) is 3.24 Å². The number of allylic oxidation sites excluding steroid dienone is 1. The van der Waals surface area contributed by atoms with Crippen LogP contribution in [0.25, 0.3) is 0 Å². The lowest BCUT2D eigenvalue weighted by atomic mass is 9.96. The molecule has 0 saturated heterocycles. The van der Waals surface area contributed by atoms with Crippen LogP contribution in [0.1, 0.15) is 27.7 Å². The Kier molecular flexibility index (Phi) is 4.43. The van der Waals surface area contributed by atoms with Gasteiger partial charge in [-0.3, -0.25) is 0 Å². The third-order valence-electron chi connectivity index (χ3n) is 1.57. The summed E-state index contributed by atoms with van der Waals surface area (Å²) in [5, 5.41) is 0. The van der Waals surface area contributed by atoms with Crippen LogP contribution in [-0.2, 0) is 0 Å². The molecule has 0 heterocycles. The molecule has 0 unspecified atom stereocenters. The van der Waals surface area contributed by atoms with E-state index in [-0.39, 0.29) is 0 Å². The third kappa shape index (κ3) is 7.60. The summed E-state index contributed by atoms with van der Waals surface area (Å²) in [6.07, 6.45) is 4.50. The molecule has 0 aliphatic rings. The van der Waals surface area contributed by atoms with Crippen LogP contribution < -0.4 is 0 Å². The second kappa shape index (κ2) is 4.55. The normalized spacial score (nSPS) is 13.3. The lowest BCUT2D eigenvalue weighted by Gasteiger charge is -2.14. The summed E-state index contributed by atoms with van der Waals surface area (Å²) in [6.45, 7) is 11.0. The second-order valence-electron chi connectivity index (χ2n) is 4.12. The van der Waals surface area contributed by atoms with Crippen molar-refractivity contribution in [1.82, 2.24) is 4.90 Å². The molecular weight excluding hydrogens is 134 g/mol. The Balaban J connectivity index is 3.61. The smallest absolute Gasteiger partial charge is 0.0160 e. The van der Waals surface area contributed by atoms with Crippen molar-refractivity contribution in [2.75, 3.05) is 20.1 Å². The Morgan fingerprint density at radius 2 is 1.82 bits per heavy atom. The number of rotatable bonds is 3. The van der Waals surface area contributed by atoms with Crippen molar-refractivity contribution >= 4 is 0 Å². The SMILES string of the molecule is CCN(C)C/C=C/C(C)(C)C. The van der Waals surface area contributed by atoms with Crippen LogP contribution in [0.2, 0.25) is 0 Å². The zero-order chi connectivity index (χ0) is 8.91. The number of hydrogen-bond acceptors (Lipinski definition) is 1. The monoisotopic (exact) mass is 155 g/mol. The average Bonchev–Trinajstić information content (AvgIpc) is 1.85. The molecule has 0 aromatic carbocycles. The van der Waals surface area contributed by atoms with Crippen molar-refractivity contribution in [2.45, 2.75) is 27.7 Å². The number of likely N-dealkylation sites (N-methyl/N-ethyl adjacent to an activating group) is 1. The zero-order valence-electron chi connectivity index (χ0n) is 8.52. The average molecular weight is 155 g/mol. The number of nitrogens with zero attached hydrogens (tertiary/aromatic N) is 1. The van der Waals surface area contributed by atoms with E-state index in [1.807, 2.05) is 0 Å². The van der Waals surface area contributed by atoms with Crippen molar-refractivity contribution in [3.05, 3.63) is 12.2 Å². The highest BCUT2D eigenvalue weighted by Crippen LogP contribution is 2.13. The first-order chi connectivity index (χ1) is 4.95. The predicted octanol–water partition coefficient (Wildman–Crippen LogP) is 2.54. The summed E-state index contributed by atoms with van der Waals surface area (Å²) >= 11 is 0. The van der Waals surface area contributed by atoms with Crippen LogP contribution in [0, 0.1) is 5.41 Å². The van der Waals surface area contributed by atoms with Gasteiger partial charge in [-0.05, 0) is 19.0 Å². The summed E-state index contributed by atoms with van der Waals surface area (Å²) in [4.78, 5) is 2.28. The van der Waals surface area contributed by atoms with E-state index in [0.717, 1.165) is 13.1 Å². The molecule has 0 radical (unpaired) electrons. The van der Waals surface area contributed by atoms with Crippen molar-refractivity contribution < 1.29 is 0 Å². The van der Waals surface area contributed by atoms with E-state index in [2.05, 4.69) is 51.8 Å². The summed E-state index contributed by atoms with van der Waals surface area (Å²) in [6, 6.07) is 0. The summed E-state index contributed by atoms with van der Waals surface area (Å²) in [5.41, 5.74) is 0.328. The second-order valence-corrected chi connectivity index (χ2v) is 4.12. The molecule has 0 aromatic heterocycles. The maximum atomic E-state index is 2.28. The maximum absolute atomic E-state index is 2.28. The van der Waals surface area contributed by atoms with Crippen LogP contribution in [-0.4, -0.2) is 25.0 Å². The molecule has 0 fully saturated rings. The number of hydrogen-bond donors (Lipinski definition) is 0. The fourth-order valence-corrected chi connectivity index (χ4v) is 0.715. The quantitative estimate of drug-likeness (QED) is 0.566. The molecule has 66 valence electrons. The molecule has 0 saturated carbocycles. The molecule has 0 amide bonds. The van der Waals surface area contributed by atoms with E-state index >= 15 is 0 Å². The van der Waals surface area contributed by atoms with Gasteiger partial charge >= 0.3 is 0 Å². The minimum Gasteiger partial charge on any atom is -0.303 e. The van der Waals surface area contributed by atoms with Crippen LogP contribution in [0.4, 0.5) is 0 Å². The maximum Gasteiger partial charge on any atom is 0.0160 e. The fraction of sp³-hybridized carbons (Fsp3) is 0.800. The summed E-state index contributed by atoms with van der Waals surface area (Å²) in [5.74, 6) is 0. The molecule has 11 heavy (non-hydrogen) atoms. The van der Waals surface area contributed by atoms with Gasteiger partial charge in [-0.25, -0.2) is 0 Å². The molecule has 0 rings (SSSR count). The predicted molar refractivity (Wildman–Crippen MR) is 51.8 cm³/mol. The Morgan fingerprint density at radius 1 is 1.27 bits per heavy atom. The van der Waals surface area contributed by atoms with E-state index in [0.29, 0.717) is 5.41 Å². The first-order valence-corrected chi connectivity index (χ1v) is 4.32. The molecular formula is C10H21N. The van der Waals surface area contributed by atoms with E-state index in [9.17, 15) is 0 Å². The highest BCUT2D eigenvalue weighted by Gasteiger charge is 2.02. The van der Waals surface area contributed by atoms with Gasteiger partial charge in [-0.2, -0.15) is 0 Å². The summed E-state index contributed by atoms with van der Waals surface area (Å²) < 4.78 is 0. The van der Waals surface area contributed by atoms with Crippen molar-refractivity contribution in [3.8, 4) is 0 Å². The van der Waals surface area contributed by atoms with Gasteiger partial charge in [0.15, 0.2) is 0 Å². The lowest BCUT2D eigenvalue weighted by molar-refractivity contribution is 0.390. The van der Waals surface area contributed by atoms with Gasteiger partial charge in [0.2, 0.25) is 0 Å².